The van der Waals surface area contributed by atoms with Crippen LogP contribution in [-0.4, -0.2) is 26.5 Å². The molecule has 19 heavy (non-hydrogen) atoms. The molecule has 104 valence electrons. The number of rotatable bonds is 6. The zero-order valence-electron chi connectivity index (χ0n) is 11.1. The Morgan fingerprint density at radius 2 is 2.16 bits per heavy atom. The second-order valence-corrected chi connectivity index (χ2v) is 4.98. The Morgan fingerprint density at radius 1 is 1.53 bits per heavy atom. The molecule has 0 aromatic carbocycles. The molecule has 0 atom stereocenters. The highest BCUT2D eigenvalue weighted by Gasteiger charge is 2.24. The van der Waals surface area contributed by atoms with Crippen LogP contribution in [0.15, 0.2) is 12.1 Å². The number of anilines is 1. The minimum atomic E-state index is -0.901. The van der Waals surface area contributed by atoms with E-state index in [4.69, 9.17) is 5.11 Å². The van der Waals surface area contributed by atoms with Gasteiger partial charge < -0.3 is 10.4 Å². The first-order valence-corrected chi connectivity index (χ1v) is 5.83. The highest BCUT2D eigenvalue weighted by Crippen LogP contribution is 2.26. The molecule has 0 saturated heterocycles. The fourth-order valence-corrected chi connectivity index (χ4v) is 1.59. The number of hydrogen-bond acceptors (Lipinski definition) is 5. The van der Waals surface area contributed by atoms with Crippen molar-refractivity contribution in [2.45, 2.75) is 39.2 Å². The van der Waals surface area contributed by atoms with E-state index >= 15 is 0 Å². The van der Waals surface area contributed by atoms with Gasteiger partial charge in [0.15, 0.2) is 0 Å². The third kappa shape index (κ3) is 4.53. The maximum Gasteiger partial charge on any atom is 0.311 e. The summed E-state index contributed by atoms with van der Waals surface area (Å²) in [5, 5.41) is 22.5. The molecule has 0 aliphatic heterocycles. The van der Waals surface area contributed by atoms with Gasteiger partial charge in [0.2, 0.25) is 5.82 Å². The van der Waals surface area contributed by atoms with E-state index in [0.29, 0.717) is 12.1 Å². The van der Waals surface area contributed by atoms with Crippen molar-refractivity contribution in [3.63, 3.8) is 0 Å². The number of nitrogens with one attached hydrogen (secondary N) is 1. The number of nitro groups is 1. The Morgan fingerprint density at radius 3 is 2.68 bits per heavy atom. The molecule has 1 aromatic heterocycles. The molecule has 0 saturated carbocycles. The first kappa shape index (κ1) is 14.9. The Balaban J connectivity index is 2.94. The molecule has 0 bridgehead atoms. The molecule has 1 aromatic rings. The van der Waals surface area contributed by atoms with Crippen LogP contribution in [0.25, 0.3) is 0 Å². The average Bonchev–Trinajstić information content (AvgIpc) is 2.25. The van der Waals surface area contributed by atoms with E-state index in [9.17, 15) is 14.9 Å². The molecular weight excluding hydrogens is 250 g/mol. The number of hydrogen-bond donors (Lipinski definition) is 2. The SMILES string of the molecule is Cc1ccc([N+](=O)[O-])c(NC(C)(C)CCC(=O)O)n1. The van der Waals surface area contributed by atoms with Gasteiger partial charge in [0.05, 0.1) is 4.92 Å². The van der Waals surface area contributed by atoms with E-state index in [-0.39, 0.29) is 17.9 Å². The van der Waals surface area contributed by atoms with E-state index in [0.717, 1.165) is 0 Å². The van der Waals surface area contributed by atoms with Crippen LogP contribution in [0.2, 0.25) is 0 Å². The van der Waals surface area contributed by atoms with E-state index in [1.54, 1.807) is 26.8 Å². The standard InChI is InChI=1S/C12H17N3O4/c1-8-4-5-9(15(18)19)11(13-8)14-12(2,3)7-6-10(16)17/h4-5H,6-7H2,1-3H3,(H,13,14)(H,16,17). The first-order chi connectivity index (χ1) is 8.71. The van der Waals surface area contributed by atoms with Gasteiger partial charge in [-0.25, -0.2) is 4.98 Å². The second-order valence-electron chi connectivity index (χ2n) is 4.98. The minimum absolute atomic E-state index is 0.0143. The Labute approximate surface area is 110 Å². The van der Waals surface area contributed by atoms with Crippen LogP contribution < -0.4 is 5.32 Å². The summed E-state index contributed by atoms with van der Waals surface area (Å²) in [5.74, 6) is -0.734. The summed E-state index contributed by atoms with van der Waals surface area (Å²) in [6.45, 7) is 5.30. The molecule has 0 aliphatic rings. The van der Waals surface area contributed by atoms with Crippen LogP contribution in [-0.2, 0) is 4.79 Å². The fraction of sp³-hybridized carbons (Fsp3) is 0.500. The van der Waals surface area contributed by atoms with Gasteiger partial charge in [-0.3, -0.25) is 14.9 Å². The van der Waals surface area contributed by atoms with Crippen molar-refractivity contribution in [2.24, 2.45) is 0 Å². The van der Waals surface area contributed by atoms with Gasteiger partial charge in [-0.05, 0) is 33.3 Å². The molecule has 0 unspecified atom stereocenters. The van der Waals surface area contributed by atoms with Crippen LogP contribution in [0.4, 0.5) is 11.5 Å². The number of pyridine rings is 1. The molecule has 0 radical (unpaired) electrons. The van der Waals surface area contributed by atoms with Crippen LogP contribution in [0.1, 0.15) is 32.4 Å². The van der Waals surface area contributed by atoms with Gasteiger partial charge in [0.25, 0.3) is 0 Å². The molecular formula is C12H17N3O4. The molecule has 1 heterocycles. The quantitative estimate of drug-likeness (QED) is 0.605. The average molecular weight is 267 g/mol. The van der Waals surface area contributed by atoms with Crippen LogP contribution in [0.3, 0.4) is 0 Å². The summed E-state index contributed by atoms with van der Waals surface area (Å²) in [6, 6.07) is 2.95. The minimum Gasteiger partial charge on any atom is -0.481 e. The second kappa shape index (κ2) is 5.64. The number of carboxylic acids is 1. The van der Waals surface area contributed by atoms with Gasteiger partial charge in [-0.15, -0.1) is 0 Å². The maximum absolute atomic E-state index is 10.9. The number of aliphatic carboxylic acids is 1. The highest BCUT2D eigenvalue weighted by molar-refractivity contribution is 5.67. The molecule has 0 fully saturated rings. The zero-order valence-corrected chi connectivity index (χ0v) is 11.1. The predicted molar refractivity (Wildman–Crippen MR) is 70.2 cm³/mol. The number of aromatic nitrogens is 1. The van der Waals surface area contributed by atoms with Crippen molar-refractivity contribution in [2.75, 3.05) is 5.32 Å². The van der Waals surface area contributed by atoms with E-state index in [1.807, 2.05) is 0 Å². The van der Waals surface area contributed by atoms with Crippen molar-refractivity contribution in [3.8, 4) is 0 Å². The van der Waals surface area contributed by atoms with E-state index in [2.05, 4.69) is 10.3 Å². The lowest BCUT2D eigenvalue weighted by atomic mass is 9.98. The third-order valence-electron chi connectivity index (χ3n) is 2.63. The fourth-order valence-electron chi connectivity index (χ4n) is 1.59. The summed E-state index contributed by atoms with van der Waals surface area (Å²) < 4.78 is 0. The molecule has 0 amide bonds. The molecule has 0 aliphatic carbocycles. The maximum atomic E-state index is 10.9. The highest BCUT2D eigenvalue weighted by atomic mass is 16.6. The monoisotopic (exact) mass is 267 g/mol. The lowest BCUT2D eigenvalue weighted by Crippen LogP contribution is -2.32. The lowest BCUT2D eigenvalue weighted by molar-refractivity contribution is -0.384. The van der Waals surface area contributed by atoms with Gasteiger partial charge in [-0.2, -0.15) is 0 Å². The van der Waals surface area contributed by atoms with Crippen molar-refractivity contribution in [1.29, 1.82) is 0 Å². The summed E-state index contributed by atoms with van der Waals surface area (Å²) in [7, 11) is 0. The normalized spacial score (nSPS) is 11.1. The summed E-state index contributed by atoms with van der Waals surface area (Å²) in [5.41, 5.74) is -0.0552. The lowest BCUT2D eigenvalue weighted by Gasteiger charge is -2.26. The molecule has 1 rings (SSSR count). The van der Waals surface area contributed by atoms with Crippen molar-refractivity contribution in [3.05, 3.63) is 27.9 Å². The van der Waals surface area contributed by atoms with Crippen molar-refractivity contribution >= 4 is 17.5 Å². The number of nitrogens with zero attached hydrogens (tertiary/aromatic N) is 2. The van der Waals surface area contributed by atoms with Crippen molar-refractivity contribution in [1.82, 2.24) is 4.98 Å². The Hall–Kier alpha value is -2.18. The van der Waals surface area contributed by atoms with Crippen LogP contribution >= 0.6 is 0 Å². The summed E-state index contributed by atoms with van der Waals surface area (Å²) in [6.07, 6.45) is 0.328. The van der Waals surface area contributed by atoms with Gasteiger partial charge >= 0.3 is 11.7 Å². The molecule has 0 spiro atoms. The molecule has 7 heteroatoms. The number of carbonyl (C=O) groups is 1. The zero-order chi connectivity index (χ0) is 14.6. The first-order valence-electron chi connectivity index (χ1n) is 5.83. The Kier molecular flexibility index (Phi) is 4.42. The summed E-state index contributed by atoms with van der Waals surface area (Å²) >= 11 is 0. The summed E-state index contributed by atoms with van der Waals surface area (Å²) in [4.78, 5) is 25.1. The number of carboxylic acid groups (broad SMARTS) is 1. The largest absolute Gasteiger partial charge is 0.481 e. The third-order valence-corrected chi connectivity index (χ3v) is 2.63. The van der Waals surface area contributed by atoms with Crippen LogP contribution in [0.5, 0.6) is 0 Å². The van der Waals surface area contributed by atoms with Gasteiger partial charge in [0, 0.05) is 23.7 Å². The predicted octanol–water partition coefficient (Wildman–Crippen LogP) is 2.35. The Bertz CT molecular complexity index is 500. The van der Waals surface area contributed by atoms with E-state index < -0.39 is 16.4 Å². The number of aryl methyl sites for hydroxylation is 1. The van der Waals surface area contributed by atoms with Gasteiger partial charge in [0.1, 0.15) is 0 Å². The van der Waals surface area contributed by atoms with E-state index in [1.165, 1.54) is 6.07 Å². The molecule has 2 N–H and O–H groups in total. The van der Waals surface area contributed by atoms with Crippen molar-refractivity contribution < 1.29 is 14.8 Å². The molecule has 7 nitrogen and oxygen atoms in total. The van der Waals surface area contributed by atoms with Crippen LogP contribution in [0, 0.1) is 17.0 Å². The smallest absolute Gasteiger partial charge is 0.311 e. The topological polar surface area (TPSA) is 105 Å². The van der Waals surface area contributed by atoms with Gasteiger partial charge in [-0.1, -0.05) is 0 Å².